The van der Waals surface area contributed by atoms with Crippen LogP contribution in [0.5, 0.6) is 0 Å². The van der Waals surface area contributed by atoms with Crippen molar-refractivity contribution in [3.8, 4) is 0 Å². The summed E-state index contributed by atoms with van der Waals surface area (Å²) >= 11 is 7.44. The van der Waals surface area contributed by atoms with Crippen LogP contribution in [0.25, 0.3) is 0 Å². The van der Waals surface area contributed by atoms with Gasteiger partial charge in [0.25, 0.3) is 5.91 Å². The normalized spacial score (nSPS) is 11.4. The zero-order valence-electron chi connectivity index (χ0n) is 13.5. The van der Waals surface area contributed by atoms with Crippen LogP contribution in [0.2, 0.25) is 5.02 Å². The molecule has 2 aromatic rings. The summed E-state index contributed by atoms with van der Waals surface area (Å²) in [5, 5.41) is 7.44. The highest BCUT2D eigenvalue weighted by Crippen LogP contribution is 2.25. The molecule has 0 unspecified atom stereocenters. The highest BCUT2D eigenvalue weighted by Gasteiger charge is 2.21. The lowest BCUT2D eigenvalue weighted by Gasteiger charge is -2.19. The molecule has 0 aliphatic heterocycles. The van der Waals surface area contributed by atoms with E-state index in [-0.39, 0.29) is 18.9 Å². The van der Waals surface area contributed by atoms with Gasteiger partial charge in [0.2, 0.25) is 5.91 Å². The zero-order chi connectivity index (χ0) is 18.2. The van der Waals surface area contributed by atoms with Crippen LogP contribution in [0.1, 0.15) is 27.7 Å². The van der Waals surface area contributed by atoms with E-state index in [4.69, 9.17) is 11.6 Å². The molecule has 0 spiro atoms. The summed E-state index contributed by atoms with van der Waals surface area (Å²) in [4.78, 5) is 36.2. The molecule has 1 aromatic heterocycles. The van der Waals surface area contributed by atoms with Crippen LogP contribution in [0, 0.1) is 0 Å². The van der Waals surface area contributed by atoms with E-state index in [1.807, 2.05) is 0 Å². The molecule has 0 bridgehead atoms. The average molecular weight is 381 g/mol. The molecule has 25 heavy (non-hydrogen) atoms. The van der Waals surface area contributed by atoms with E-state index < -0.39 is 17.9 Å². The Morgan fingerprint density at radius 3 is 2.60 bits per heavy atom. The van der Waals surface area contributed by atoms with E-state index in [9.17, 15) is 14.4 Å². The van der Waals surface area contributed by atoms with Crippen LogP contribution in [0.4, 0.5) is 0 Å². The number of hydrogen-bond donors (Lipinski definition) is 2. The van der Waals surface area contributed by atoms with E-state index in [0.29, 0.717) is 15.5 Å². The number of halogens is 1. The Labute approximate surface area is 154 Å². The molecule has 0 fully saturated rings. The van der Waals surface area contributed by atoms with Crippen LogP contribution in [-0.2, 0) is 14.3 Å². The third kappa shape index (κ3) is 5.58. The van der Waals surface area contributed by atoms with Crippen molar-refractivity contribution in [2.75, 3.05) is 13.7 Å². The van der Waals surface area contributed by atoms with Crippen LogP contribution in [-0.4, -0.2) is 31.4 Å². The van der Waals surface area contributed by atoms with Gasteiger partial charge >= 0.3 is 5.97 Å². The molecule has 2 rings (SSSR count). The minimum Gasteiger partial charge on any atom is -0.469 e. The number of thiophene rings is 1. The van der Waals surface area contributed by atoms with E-state index >= 15 is 0 Å². The van der Waals surface area contributed by atoms with Crippen LogP contribution in [0.15, 0.2) is 41.8 Å². The number of nitrogens with one attached hydrogen (secondary N) is 2. The van der Waals surface area contributed by atoms with Gasteiger partial charge < -0.3 is 15.4 Å². The van der Waals surface area contributed by atoms with Crippen molar-refractivity contribution in [3.05, 3.63) is 57.2 Å². The molecule has 8 heteroatoms. The van der Waals surface area contributed by atoms with Crippen molar-refractivity contribution in [3.63, 3.8) is 0 Å². The molecular weight excluding hydrogens is 364 g/mol. The lowest BCUT2D eigenvalue weighted by Crippen LogP contribution is -2.39. The molecule has 132 valence electrons. The van der Waals surface area contributed by atoms with Gasteiger partial charge in [-0.2, -0.15) is 0 Å². The van der Waals surface area contributed by atoms with Crippen molar-refractivity contribution in [1.82, 2.24) is 10.6 Å². The molecule has 2 amide bonds. The summed E-state index contributed by atoms with van der Waals surface area (Å²) in [6.07, 6.45) is -0.0646. The van der Waals surface area contributed by atoms with Crippen molar-refractivity contribution < 1.29 is 19.1 Å². The van der Waals surface area contributed by atoms with Gasteiger partial charge in [0.05, 0.1) is 31.0 Å². The highest BCUT2D eigenvalue weighted by molar-refractivity contribution is 7.12. The van der Waals surface area contributed by atoms with Gasteiger partial charge in [-0.25, -0.2) is 0 Å². The van der Waals surface area contributed by atoms with Crippen LogP contribution in [0.3, 0.4) is 0 Å². The van der Waals surface area contributed by atoms with E-state index in [1.165, 1.54) is 18.4 Å². The van der Waals surface area contributed by atoms with Gasteiger partial charge in [-0.3, -0.25) is 14.4 Å². The van der Waals surface area contributed by atoms with Gasteiger partial charge in [0, 0.05) is 5.02 Å². The Kier molecular flexibility index (Phi) is 6.97. The lowest BCUT2D eigenvalue weighted by molar-refractivity contribution is -0.141. The summed E-state index contributed by atoms with van der Waals surface area (Å²) in [5.74, 6) is -1.24. The number of esters is 1. The molecule has 0 saturated carbocycles. The average Bonchev–Trinajstić information content (AvgIpc) is 3.14. The largest absolute Gasteiger partial charge is 0.469 e. The minimum atomic E-state index is -0.646. The number of amides is 2. The van der Waals surface area contributed by atoms with E-state index in [1.54, 1.807) is 41.8 Å². The molecular formula is C17H17ClN2O4S. The van der Waals surface area contributed by atoms with Crippen LogP contribution < -0.4 is 10.6 Å². The first-order valence-corrected chi connectivity index (χ1v) is 8.69. The maximum absolute atomic E-state index is 12.2. The molecule has 6 nitrogen and oxygen atoms in total. The van der Waals surface area contributed by atoms with Crippen molar-refractivity contribution in [2.24, 2.45) is 0 Å². The second-order valence-electron chi connectivity index (χ2n) is 5.08. The SMILES string of the molecule is COC(=O)C[C@H](NC(=O)CNC(=O)c1cccs1)c1ccccc1Cl. The van der Waals surface area contributed by atoms with Gasteiger partial charge in [-0.15, -0.1) is 11.3 Å². The first-order valence-electron chi connectivity index (χ1n) is 7.43. The topological polar surface area (TPSA) is 84.5 Å². The first-order chi connectivity index (χ1) is 12.0. The standard InChI is InChI=1S/C17H17ClN2O4S/c1-24-16(22)9-13(11-5-2-3-6-12(11)18)20-15(21)10-19-17(23)14-7-4-8-25-14/h2-8,13H,9-10H2,1H3,(H,19,23)(H,20,21)/t13-/m0/s1. The van der Waals surface area contributed by atoms with Crippen molar-refractivity contribution in [2.45, 2.75) is 12.5 Å². The number of benzene rings is 1. The maximum Gasteiger partial charge on any atom is 0.307 e. The molecule has 2 N–H and O–H groups in total. The Balaban J connectivity index is 2.00. The second kappa shape index (κ2) is 9.19. The predicted octanol–water partition coefficient (Wildman–Crippen LogP) is 2.55. The van der Waals surface area contributed by atoms with Gasteiger partial charge in [0.15, 0.2) is 0 Å². The quantitative estimate of drug-likeness (QED) is 0.723. The monoisotopic (exact) mass is 380 g/mol. The molecule has 0 saturated heterocycles. The number of methoxy groups -OCH3 is 1. The lowest BCUT2D eigenvalue weighted by atomic mass is 10.0. The van der Waals surface area contributed by atoms with Crippen molar-refractivity contribution >= 4 is 40.7 Å². The fourth-order valence-corrected chi connectivity index (χ4v) is 3.05. The van der Waals surface area contributed by atoms with Gasteiger partial charge in [0.1, 0.15) is 0 Å². The fourth-order valence-electron chi connectivity index (χ4n) is 2.15. The van der Waals surface area contributed by atoms with Crippen LogP contribution >= 0.6 is 22.9 Å². The summed E-state index contributed by atoms with van der Waals surface area (Å²) in [7, 11) is 1.27. The third-order valence-corrected chi connectivity index (χ3v) is 4.58. The Hall–Kier alpha value is -2.38. The summed E-state index contributed by atoms with van der Waals surface area (Å²) in [6.45, 7) is -0.209. The van der Waals surface area contributed by atoms with Gasteiger partial charge in [-0.05, 0) is 23.1 Å². The highest BCUT2D eigenvalue weighted by atomic mass is 35.5. The molecule has 1 atom stereocenters. The minimum absolute atomic E-state index is 0.0646. The zero-order valence-corrected chi connectivity index (χ0v) is 15.0. The third-order valence-electron chi connectivity index (χ3n) is 3.37. The van der Waals surface area contributed by atoms with Crippen molar-refractivity contribution in [1.29, 1.82) is 0 Å². The molecule has 0 radical (unpaired) electrons. The fraction of sp³-hybridized carbons (Fsp3) is 0.235. The summed E-state index contributed by atoms with van der Waals surface area (Å²) in [5.41, 5.74) is 0.604. The Morgan fingerprint density at radius 2 is 1.96 bits per heavy atom. The maximum atomic E-state index is 12.2. The Morgan fingerprint density at radius 1 is 1.20 bits per heavy atom. The van der Waals surface area contributed by atoms with E-state index in [0.717, 1.165) is 0 Å². The molecule has 1 heterocycles. The first kappa shape index (κ1) is 19.0. The smallest absolute Gasteiger partial charge is 0.307 e. The number of hydrogen-bond acceptors (Lipinski definition) is 5. The second-order valence-corrected chi connectivity index (χ2v) is 6.44. The Bertz CT molecular complexity index is 749. The summed E-state index contributed by atoms with van der Waals surface area (Å²) < 4.78 is 4.67. The number of carbonyl (C=O) groups is 3. The number of ether oxygens (including phenoxy) is 1. The molecule has 0 aliphatic rings. The molecule has 0 aliphatic carbocycles. The number of rotatable bonds is 7. The predicted molar refractivity (Wildman–Crippen MR) is 95.6 cm³/mol. The van der Waals surface area contributed by atoms with Gasteiger partial charge in [-0.1, -0.05) is 35.9 Å². The molecule has 1 aromatic carbocycles. The van der Waals surface area contributed by atoms with E-state index in [2.05, 4.69) is 15.4 Å². The summed E-state index contributed by atoms with van der Waals surface area (Å²) in [6, 6.07) is 9.69. The number of carbonyl (C=O) groups excluding carboxylic acids is 3.